The van der Waals surface area contributed by atoms with Crippen LogP contribution in [0.3, 0.4) is 0 Å². The molecule has 142 valence electrons. The predicted octanol–water partition coefficient (Wildman–Crippen LogP) is 2.46. The Labute approximate surface area is 156 Å². The van der Waals surface area contributed by atoms with Crippen molar-refractivity contribution in [2.24, 2.45) is 0 Å². The van der Waals surface area contributed by atoms with Crippen LogP contribution in [-0.2, 0) is 36.6 Å². The van der Waals surface area contributed by atoms with Crippen LogP contribution in [0, 0.1) is 0 Å². The first-order valence-corrected chi connectivity index (χ1v) is 9.81. The molecule has 1 aromatic heterocycles. The van der Waals surface area contributed by atoms with Crippen molar-refractivity contribution < 1.29 is 28.6 Å². The minimum Gasteiger partial charge on any atom is -0.462 e. The van der Waals surface area contributed by atoms with Gasteiger partial charge in [-0.05, 0) is 51.0 Å². The van der Waals surface area contributed by atoms with Crippen molar-refractivity contribution in [3.8, 4) is 0 Å². The maximum Gasteiger partial charge on any atom is 0.341 e. The van der Waals surface area contributed by atoms with Crippen LogP contribution in [0.4, 0.5) is 5.00 Å². The number of aryl methyl sites for hydroxylation is 1. The van der Waals surface area contributed by atoms with E-state index in [-0.39, 0.29) is 6.61 Å². The summed E-state index contributed by atoms with van der Waals surface area (Å²) in [4.78, 5) is 37.5. The van der Waals surface area contributed by atoms with Gasteiger partial charge in [0.1, 0.15) is 5.00 Å². The van der Waals surface area contributed by atoms with Crippen LogP contribution in [0.25, 0.3) is 0 Å². The Kier molecular flexibility index (Phi) is 6.26. The molecule has 1 aliphatic heterocycles. The van der Waals surface area contributed by atoms with Crippen LogP contribution >= 0.6 is 11.3 Å². The highest BCUT2D eigenvalue weighted by molar-refractivity contribution is 7.17. The maximum atomic E-state index is 12.4. The number of carbonyl (C=O) groups is 3. The van der Waals surface area contributed by atoms with Gasteiger partial charge in [-0.1, -0.05) is 0 Å². The zero-order valence-electron chi connectivity index (χ0n) is 14.8. The molecule has 1 aliphatic carbocycles. The van der Waals surface area contributed by atoms with Crippen molar-refractivity contribution in [3.63, 3.8) is 0 Å². The van der Waals surface area contributed by atoms with Crippen molar-refractivity contribution in [3.05, 3.63) is 16.0 Å². The lowest BCUT2D eigenvalue weighted by atomic mass is 9.95. The molecule has 3 rings (SSSR count). The average Bonchev–Trinajstić information content (AvgIpc) is 3.27. The number of carbonyl (C=O) groups excluding carboxylic acids is 3. The normalized spacial score (nSPS) is 18.9. The molecule has 0 aromatic carbocycles. The Morgan fingerprint density at radius 3 is 2.73 bits per heavy atom. The summed E-state index contributed by atoms with van der Waals surface area (Å²) in [5.74, 6) is -1.41. The molecule has 2 heterocycles. The quantitative estimate of drug-likeness (QED) is 0.761. The van der Waals surface area contributed by atoms with E-state index in [9.17, 15) is 14.4 Å². The fraction of sp³-hybridized carbons (Fsp3) is 0.611. The van der Waals surface area contributed by atoms with Gasteiger partial charge in [-0.15, -0.1) is 11.3 Å². The van der Waals surface area contributed by atoms with Crippen LogP contribution in [0.1, 0.15) is 53.4 Å². The molecule has 1 fully saturated rings. The summed E-state index contributed by atoms with van der Waals surface area (Å²) < 4.78 is 15.4. The summed E-state index contributed by atoms with van der Waals surface area (Å²) >= 11 is 1.41. The van der Waals surface area contributed by atoms with Crippen LogP contribution in [0.5, 0.6) is 0 Å². The molecule has 0 bridgehead atoms. The molecular formula is C18H23NO6S. The first-order valence-electron chi connectivity index (χ1n) is 9.00. The highest BCUT2D eigenvalue weighted by Gasteiger charge is 2.28. The summed E-state index contributed by atoms with van der Waals surface area (Å²) in [6.45, 7) is 2.16. The van der Waals surface area contributed by atoms with Crippen LogP contribution in [-0.4, -0.2) is 43.8 Å². The molecule has 1 amide bonds. The molecule has 0 spiro atoms. The molecule has 1 atom stereocenters. The molecule has 1 unspecified atom stereocenters. The van der Waals surface area contributed by atoms with Gasteiger partial charge in [0.25, 0.3) is 5.91 Å². The smallest absolute Gasteiger partial charge is 0.341 e. The third-order valence-electron chi connectivity index (χ3n) is 4.44. The van der Waals surface area contributed by atoms with E-state index >= 15 is 0 Å². The molecular weight excluding hydrogens is 358 g/mol. The largest absolute Gasteiger partial charge is 0.462 e. The number of esters is 2. The van der Waals surface area contributed by atoms with Crippen LogP contribution < -0.4 is 5.32 Å². The van der Waals surface area contributed by atoms with Gasteiger partial charge in [-0.3, -0.25) is 4.79 Å². The van der Waals surface area contributed by atoms with Crippen molar-refractivity contribution in [1.82, 2.24) is 0 Å². The first kappa shape index (κ1) is 18.8. The Hall–Kier alpha value is -1.93. The van der Waals surface area contributed by atoms with E-state index in [1.807, 2.05) is 0 Å². The molecule has 7 nitrogen and oxygen atoms in total. The second-order valence-corrected chi connectivity index (χ2v) is 7.40. The zero-order valence-corrected chi connectivity index (χ0v) is 15.6. The van der Waals surface area contributed by atoms with Gasteiger partial charge >= 0.3 is 11.9 Å². The third kappa shape index (κ3) is 4.24. The van der Waals surface area contributed by atoms with Gasteiger partial charge in [0, 0.05) is 11.5 Å². The maximum absolute atomic E-state index is 12.4. The molecule has 0 radical (unpaired) electrons. The van der Waals surface area contributed by atoms with E-state index in [0.29, 0.717) is 23.6 Å². The lowest BCUT2D eigenvalue weighted by molar-refractivity contribution is -0.156. The second kappa shape index (κ2) is 8.64. The van der Waals surface area contributed by atoms with Gasteiger partial charge in [-0.25, -0.2) is 9.59 Å². The Balaban J connectivity index is 1.66. The second-order valence-electron chi connectivity index (χ2n) is 6.29. The lowest BCUT2D eigenvalue weighted by Crippen LogP contribution is -2.27. The van der Waals surface area contributed by atoms with E-state index in [1.165, 1.54) is 11.3 Å². The van der Waals surface area contributed by atoms with Gasteiger partial charge in [0.05, 0.1) is 12.2 Å². The predicted molar refractivity (Wildman–Crippen MR) is 95.5 cm³/mol. The van der Waals surface area contributed by atoms with E-state index in [1.54, 1.807) is 6.92 Å². The van der Waals surface area contributed by atoms with Crippen molar-refractivity contribution >= 4 is 34.2 Å². The Bertz CT molecular complexity index is 692. The summed E-state index contributed by atoms with van der Waals surface area (Å²) in [6.07, 6.45) is 4.65. The van der Waals surface area contributed by atoms with Gasteiger partial charge in [0.2, 0.25) is 0 Å². The number of ether oxygens (including phenoxy) is 3. The van der Waals surface area contributed by atoms with E-state index in [4.69, 9.17) is 14.2 Å². The fourth-order valence-electron chi connectivity index (χ4n) is 3.23. The molecule has 2 aliphatic rings. The number of thiophene rings is 1. The monoisotopic (exact) mass is 381 g/mol. The van der Waals surface area contributed by atoms with E-state index in [0.717, 1.165) is 42.5 Å². The molecule has 26 heavy (non-hydrogen) atoms. The highest BCUT2D eigenvalue weighted by Crippen LogP contribution is 2.38. The molecule has 0 saturated carbocycles. The minimum absolute atomic E-state index is 0.274. The van der Waals surface area contributed by atoms with Crippen LogP contribution in [0.15, 0.2) is 0 Å². The molecule has 1 N–H and O–H groups in total. The Morgan fingerprint density at radius 2 is 2.00 bits per heavy atom. The first-order chi connectivity index (χ1) is 12.6. The topological polar surface area (TPSA) is 90.9 Å². The van der Waals surface area contributed by atoms with Gasteiger partial charge < -0.3 is 19.5 Å². The number of nitrogens with one attached hydrogen (secondary N) is 1. The number of anilines is 1. The summed E-state index contributed by atoms with van der Waals surface area (Å²) in [6, 6.07) is 0. The number of rotatable bonds is 6. The summed E-state index contributed by atoms with van der Waals surface area (Å²) in [5.41, 5.74) is 1.43. The van der Waals surface area contributed by atoms with Crippen LogP contribution in [0.2, 0.25) is 0 Å². The van der Waals surface area contributed by atoms with Crippen molar-refractivity contribution in [2.75, 3.05) is 25.1 Å². The van der Waals surface area contributed by atoms with Crippen molar-refractivity contribution in [1.29, 1.82) is 0 Å². The molecule has 1 saturated heterocycles. The highest BCUT2D eigenvalue weighted by atomic mass is 32.1. The van der Waals surface area contributed by atoms with Gasteiger partial charge in [-0.2, -0.15) is 0 Å². The van der Waals surface area contributed by atoms with E-state index in [2.05, 4.69) is 5.32 Å². The number of amides is 1. The number of hydrogen-bond acceptors (Lipinski definition) is 7. The third-order valence-corrected chi connectivity index (χ3v) is 5.65. The fourth-order valence-corrected chi connectivity index (χ4v) is 4.52. The SMILES string of the molecule is CCOC(=O)c1c(NC(=O)COC(=O)C2CCCO2)sc2c1CCCC2. The summed E-state index contributed by atoms with van der Waals surface area (Å²) in [7, 11) is 0. The Morgan fingerprint density at radius 1 is 1.19 bits per heavy atom. The number of hydrogen-bond donors (Lipinski definition) is 1. The average molecular weight is 381 g/mol. The molecule has 8 heteroatoms. The zero-order chi connectivity index (χ0) is 18.5. The number of fused-ring (bicyclic) bond motifs is 1. The standard InChI is InChI=1S/C18H23NO6S/c1-2-23-18(22)15-11-6-3-4-8-13(11)26-16(15)19-14(20)10-25-17(21)12-7-5-9-24-12/h12H,2-10H2,1H3,(H,19,20). The summed E-state index contributed by atoms with van der Waals surface area (Å²) in [5, 5.41) is 3.19. The minimum atomic E-state index is -0.577. The molecule has 1 aromatic rings. The lowest BCUT2D eigenvalue weighted by Gasteiger charge is -2.12. The van der Waals surface area contributed by atoms with E-state index < -0.39 is 30.6 Å². The van der Waals surface area contributed by atoms with Gasteiger partial charge in [0.15, 0.2) is 12.7 Å². The van der Waals surface area contributed by atoms with Crippen molar-refractivity contribution in [2.45, 2.75) is 51.6 Å².